The van der Waals surface area contributed by atoms with E-state index in [9.17, 15) is 0 Å². The van der Waals surface area contributed by atoms with Gasteiger partial charge in [0.15, 0.2) is 5.11 Å². The number of hydrogen-bond donors (Lipinski definition) is 1. The number of hydrogen-bond acceptors (Lipinski definition) is 2. The summed E-state index contributed by atoms with van der Waals surface area (Å²) in [4.78, 5) is 4.79. The van der Waals surface area contributed by atoms with Crippen LogP contribution in [0.4, 0.5) is 0 Å². The van der Waals surface area contributed by atoms with Crippen molar-refractivity contribution in [2.45, 2.75) is 32.9 Å². The highest BCUT2D eigenvalue weighted by Gasteiger charge is 2.19. The van der Waals surface area contributed by atoms with E-state index in [-0.39, 0.29) is 0 Å². The topological polar surface area (TPSA) is 18.5 Å². The van der Waals surface area contributed by atoms with Crippen LogP contribution < -0.4 is 5.32 Å². The molecule has 0 aliphatic carbocycles. The van der Waals surface area contributed by atoms with Gasteiger partial charge in [0.25, 0.3) is 0 Å². The Morgan fingerprint density at radius 1 is 1.20 bits per heavy atom. The Labute approximate surface area is 128 Å². The average Bonchev–Trinajstić information content (AvgIpc) is 2.49. The number of rotatable bonds is 4. The summed E-state index contributed by atoms with van der Waals surface area (Å²) in [5, 5.41) is 4.32. The fraction of sp³-hybridized carbons (Fsp3) is 0.562. The molecular formula is C16H25N3S. The molecule has 1 atom stereocenters. The number of piperazine rings is 1. The Bertz CT molecular complexity index is 413. The first-order valence-corrected chi connectivity index (χ1v) is 7.91. The number of thiocarbonyl (C=S) groups is 1. The van der Waals surface area contributed by atoms with Crippen LogP contribution >= 0.6 is 12.2 Å². The molecule has 1 aliphatic rings. The lowest BCUT2D eigenvalue weighted by Crippen LogP contribution is -2.52. The normalized spacial score (nSPS) is 17.8. The highest BCUT2D eigenvalue weighted by atomic mass is 32.1. The Morgan fingerprint density at radius 2 is 1.85 bits per heavy atom. The molecule has 1 heterocycles. The Balaban J connectivity index is 1.76. The van der Waals surface area contributed by atoms with E-state index in [1.165, 1.54) is 5.56 Å². The molecule has 2 rings (SSSR count). The summed E-state index contributed by atoms with van der Waals surface area (Å²) in [7, 11) is 0. The van der Waals surface area contributed by atoms with Gasteiger partial charge in [-0.05, 0) is 31.1 Å². The monoisotopic (exact) mass is 291 g/mol. The second-order valence-corrected chi connectivity index (χ2v) is 5.89. The first kappa shape index (κ1) is 15.3. The van der Waals surface area contributed by atoms with Crippen molar-refractivity contribution in [1.82, 2.24) is 15.1 Å². The molecule has 1 aliphatic heterocycles. The first-order valence-electron chi connectivity index (χ1n) is 7.50. The summed E-state index contributed by atoms with van der Waals surface area (Å²) in [5.74, 6) is 0. The number of nitrogens with one attached hydrogen (secondary N) is 1. The van der Waals surface area contributed by atoms with Crippen molar-refractivity contribution in [1.29, 1.82) is 0 Å². The third-order valence-corrected chi connectivity index (χ3v) is 4.27. The van der Waals surface area contributed by atoms with Crippen molar-refractivity contribution < 1.29 is 0 Å². The van der Waals surface area contributed by atoms with E-state index >= 15 is 0 Å². The van der Waals surface area contributed by atoms with Crippen LogP contribution in [-0.2, 0) is 6.54 Å². The van der Waals surface area contributed by atoms with Gasteiger partial charge in [-0.3, -0.25) is 4.90 Å². The summed E-state index contributed by atoms with van der Waals surface area (Å²) >= 11 is 5.48. The molecule has 4 heteroatoms. The van der Waals surface area contributed by atoms with Gasteiger partial charge in [-0.1, -0.05) is 37.3 Å². The van der Waals surface area contributed by atoms with E-state index in [1.54, 1.807) is 0 Å². The predicted octanol–water partition coefficient (Wildman–Crippen LogP) is 2.48. The average molecular weight is 291 g/mol. The van der Waals surface area contributed by atoms with Crippen LogP contribution in [0.3, 0.4) is 0 Å². The van der Waals surface area contributed by atoms with Crippen LogP contribution in [0.15, 0.2) is 30.3 Å². The van der Waals surface area contributed by atoms with E-state index in [1.807, 2.05) is 0 Å². The van der Waals surface area contributed by atoms with Gasteiger partial charge in [-0.15, -0.1) is 0 Å². The van der Waals surface area contributed by atoms with Crippen LogP contribution in [0.5, 0.6) is 0 Å². The zero-order valence-electron chi connectivity index (χ0n) is 12.5. The predicted molar refractivity (Wildman–Crippen MR) is 88.8 cm³/mol. The van der Waals surface area contributed by atoms with Crippen molar-refractivity contribution >= 4 is 17.3 Å². The maximum atomic E-state index is 5.48. The molecule has 0 radical (unpaired) electrons. The first-order chi connectivity index (χ1) is 9.69. The van der Waals surface area contributed by atoms with Crippen molar-refractivity contribution in [3.63, 3.8) is 0 Å². The van der Waals surface area contributed by atoms with Crippen molar-refractivity contribution in [3.05, 3.63) is 35.9 Å². The van der Waals surface area contributed by atoms with Crippen molar-refractivity contribution in [2.75, 3.05) is 26.2 Å². The lowest BCUT2D eigenvalue weighted by atomic mass is 10.2. The molecule has 0 bridgehead atoms. The molecule has 110 valence electrons. The summed E-state index contributed by atoms with van der Waals surface area (Å²) in [5.41, 5.74) is 1.39. The molecular weight excluding hydrogens is 266 g/mol. The van der Waals surface area contributed by atoms with Crippen molar-refractivity contribution in [3.8, 4) is 0 Å². The molecule has 20 heavy (non-hydrogen) atoms. The van der Waals surface area contributed by atoms with Crippen LogP contribution in [0, 0.1) is 0 Å². The lowest BCUT2D eigenvalue weighted by molar-refractivity contribution is 0.174. The second kappa shape index (κ2) is 7.60. The fourth-order valence-electron chi connectivity index (χ4n) is 2.35. The largest absolute Gasteiger partial charge is 0.360 e. The highest BCUT2D eigenvalue weighted by Crippen LogP contribution is 2.08. The summed E-state index contributed by atoms with van der Waals surface area (Å²) < 4.78 is 0. The Kier molecular flexibility index (Phi) is 5.80. The lowest BCUT2D eigenvalue weighted by Gasteiger charge is -2.36. The van der Waals surface area contributed by atoms with Gasteiger partial charge in [0.1, 0.15) is 0 Å². The van der Waals surface area contributed by atoms with Crippen LogP contribution in [0.25, 0.3) is 0 Å². The highest BCUT2D eigenvalue weighted by molar-refractivity contribution is 7.80. The van der Waals surface area contributed by atoms with Gasteiger partial charge in [-0.2, -0.15) is 0 Å². The standard InChI is InChI=1S/C16H25N3S/c1-3-14(2)17-16(20)19-11-9-18(10-12-19)13-15-7-5-4-6-8-15/h4-8,14H,3,9-13H2,1-2H3,(H,17,20)/t14-/m1/s1. The van der Waals surface area contributed by atoms with Gasteiger partial charge in [0.05, 0.1) is 0 Å². The molecule has 0 aromatic heterocycles. The van der Waals surface area contributed by atoms with E-state index in [0.717, 1.165) is 44.3 Å². The molecule has 0 spiro atoms. The molecule has 1 saturated heterocycles. The fourth-order valence-corrected chi connectivity index (χ4v) is 2.74. The minimum atomic E-state index is 0.463. The van der Waals surface area contributed by atoms with E-state index in [4.69, 9.17) is 12.2 Å². The Morgan fingerprint density at radius 3 is 2.45 bits per heavy atom. The maximum absolute atomic E-state index is 5.48. The zero-order valence-corrected chi connectivity index (χ0v) is 13.3. The zero-order chi connectivity index (χ0) is 14.4. The number of benzene rings is 1. The maximum Gasteiger partial charge on any atom is 0.169 e. The van der Waals surface area contributed by atoms with E-state index in [0.29, 0.717) is 6.04 Å². The minimum Gasteiger partial charge on any atom is -0.360 e. The summed E-state index contributed by atoms with van der Waals surface area (Å²) in [6.07, 6.45) is 1.11. The third kappa shape index (κ3) is 4.46. The molecule has 0 saturated carbocycles. The van der Waals surface area contributed by atoms with Gasteiger partial charge in [0.2, 0.25) is 0 Å². The molecule has 3 nitrogen and oxygen atoms in total. The van der Waals surface area contributed by atoms with Crippen LogP contribution in [0.1, 0.15) is 25.8 Å². The number of nitrogens with zero attached hydrogens (tertiary/aromatic N) is 2. The minimum absolute atomic E-state index is 0.463. The van der Waals surface area contributed by atoms with Gasteiger partial charge in [0, 0.05) is 38.8 Å². The molecule has 0 unspecified atom stereocenters. The second-order valence-electron chi connectivity index (χ2n) is 5.51. The SMILES string of the molecule is CC[C@@H](C)NC(=S)N1CCN(Cc2ccccc2)CC1. The third-order valence-electron chi connectivity index (χ3n) is 3.89. The van der Waals surface area contributed by atoms with Crippen LogP contribution in [-0.4, -0.2) is 47.1 Å². The van der Waals surface area contributed by atoms with Gasteiger partial charge < -0.3 is 10.2 Å². The summed E-state index contributed by atoms with van der Waals surface area (Å²) in [6.45, 7) is 9.61. The molecule has 0 amide bonds. The van der Waals surface area contributed by atoms with E-state index in [2.05, 4.69) is 59.3 Å². The molecule has 1 aromatic rings. The van der Waals surface area contributed by atoms with Crippen molar-refractivity contribution in [2.24, 2.45) is 0 Å². The van der Waals surface area contributed by atoms with Gasteiger partial charge in [-0.25, -0.2) is 0 Å². The molecule has 1 fully saturated rings. The smallest absolute Gasteiger partial charge is 0.169 e. The Hall–Kier alpha value is -1.13. The summed E-state index contributed by atoms with van der Waals surface area (Å²) in [6, 6.07) is 11.1. The van der Waals surface area contributed by atoms with E-state index < -0.39 is 0 Å². The quantitative estimate of drug-likeness (QED) is 0.859. The van der Waals surface area contributed by atoms with Gasteiger partial charge >= 0.3 is 0 Å². The molecule has 1 aromatic carbocycles. The van der Waals surface area contributed by atoms with Crippen LogP contribution in [0.2, 0.25) is 0 Å². The molecule has 1 N–H and O–H groups in total.